The first-order chi connectivity index (χ1) is 5.52. The topological polar surface area (TPSA) is 37.3 Å². The lowest BCUT2D eigenvalue weighted by Crippen LogP contribution is -2.27. The Morgan fingerprint density at radius 2 is 2.00 bits per heavy atom. The molecule has 0 aliphatic heterocycles. The molecule has 0 aromatic heterocycles. The van der Waals surface area contributed by atoms with E-state index in [9.17, 15) is 4.79 Å². The standard InChI is InChI=1S/C8H10Cl2O2/c9-8(10,7(11)12)5-6-3-1-2-4-6/h1-2,6H,3-5H2,(H,11,12). The van der Waals surface area contributed by atoms with Crippen LogP contribution in [-0.2, 0) is 4.79 Å². The van der Waals surface area contributed by atoms with E-state index >= 15 is 0 Å². The Balaban J connectivity index is 2.44. The maximum atomic E-state index is 10.5. The number of hydrogen-bond acceptors (Lipinski definition) is 1. The van der Waals surface area contributed by atoms with Gasteiger partial charge in [0.05, 0.1) is 0 Å². The molecule has 0 saturated carbocycles. The van der Waals surface area contributed by atoms with Crippen molar-refractivity contribution in [1.82, 2.24) is 0 Å². The van der Waals surface area contributed by atoms with Crippen LogP contribution < -0.4 is 0 Å². The third-order valence-corrected chi connectivity index (χ3v) is 2.60. The summed E-state index contributed by atoms with van der Waals surface area (Å²) < 4.78 is -1.61. The van der Waals surface area contributed by atoms with E-state index in [0.29, 0.717) is 6.42 Å². The van der Waals surface area contributed by atoms with E-state index in [2.05, 4.69) is 0 Å². The highest BCUT2D eigenvalue weighted by Gasteiger charge is 2.36. The normalized spacial score (nSPS) is 18.5. The fraction of sp³-hybridized carbons (Fsp3) is 0.625. The van der Waals surface area contributed by atoms with Crippen LogP contribution in [0, 0.1) is 5.92 Å². The number of allylic oxidation sites excluding steroid dienone is 2. The average molecular weight is 209 g/mol. The third kappa shape index (κ3) is 2.39. The molecule has 4 heteroatoms. The van der Waals surface area contributed by atoms with Crippen LogP contribution in [0.5, 0.6) is 0 Å². The lowest BCUT2D eigenvalue weighted by Gasteiger charge is -2.18. The fourth-order valence-electron chi connectivity index (χ4n) is 1.29. The van der Waals surface area contributed by atoms with Gasteiger partial charge >= 0.3 is 5.97 Å². The van der Waals surface area contributed by atoms with Gasteiger partial charge in [-0.2, -0.15) is 0 Å². The zero-order valence-corrected chi connectivity index (χ0v) is 7.98. The molecule has 0 amide bonds. The summed E-state index contributed by atoms with van der Waals surface area (Å²) in [5.41, 5.74) is 0. The van der Waals surface area contributed by atoms with Gasteiger partial charge < -0.3 is 5.11 Å². The van der Waals surface area contributed by atoms with Crippen molar-refractivity contribution >= 4 is 29.2 Å². The number of carboxylic acids is 1. The first-order valence-electron chi connectivity index (χ1n) is 3.78. The van der Waals surface area contributed by atoms with Gasteiger partial charge in [0, 0.05) is 0 Å². The van der Waals surface area contributed by atoms with Crippen molar-refractivity contribution in [2.45, 2.75) is 23.6 Å². The van der Waals surface area contributed by atoms with Crippen molar-refractivity contribution in [3.63, 3.8) is 0 Å². The predicted octanol–water partition coefficient (Wildman–Crippen LogP) is 2.60. The van der Waals surface area contributed by atoms with E-state index in [4.69, 9.17) is 28.3 Å². The number of alkyl halides is 2. The molecule has 0 atom stereocenters. The summed E-state index contributed by atoms with van der Waals surface area (Å²) in [4.78, 5) is 10.5. The van der Waals surface area contributed by atoms with E-state index in [0.717, 1.165) is 12.8 Å². The molecule has 0 spiro atoms. The molecule has 0 fully saturated rings. The number of carboxylic acid groups (broad SMARTS) is 1. The minimum absolute atomic E-state index is 0.288. The Hall–Kier alpha value is -0.210. The molecule has 0 aromatic carbocycles. The molecule has 0 radical (unpaired) electrons. The molecule has 0 unspecified atom stereocenters. The van der Waals surface area contributed by atoms with E-state index in [-0.39, 0.29) is 5.92 Å². The second kappa shape index (κ2) is 3.67. The van der Waals surface area contributed by atoms with Gasteiger partial charge in [-0.3, -0.25) is 0 Å². The van der Waals surface area contributed by atoms with E-state index in [1.54, 1.807) is 0 Å². The van der Waals surface area contributed by atoms with Crippen LogP contribution in [0.1, 0.15) is 19.3 Å². The van der Waals surface area contributed by atoms with Crippen molar-refractivity contribution in [2.75, 3.05) is 0 Å². The second-order valence-electron chi connectivity index (χ2n) is 3.02. The van der Waals surface area contributed by atoms with E-state index in [1.165, 1.54) is 0 Å². The zero-order valence-electron chi connectivity index (χ0n) is 6.46. The largest absolute Gasteiger partial charge is 0.479 e. The number of aliphatic carboxylic acids is 1. The number of hydrogen-bond donors (Lipinski definition) is 1. The lowest BCUT2D eigenvalue weighted by molar-refractivity contribution is -0.138. The summed E-state index contributed by atoms with van der Waals surface area (Å²) in [6.45, 7) is 0. The van der Waals surface area contributed by atoms with Crippen molar-refractivity contribution in [2.24, 2.45) is 5.92 Å². The maximum absolute atomic E-state index is 10.5. The van der Waals surface area contributed by atoms with Crippen LogP contribution >= 0.6 is 23.2 Å². The minimum Gasteiger partial charge on any atom is -0.479 e. The van der Waals surface area contributed by atoms with Crippen LogP contribution in [0.15, 0.2) is 12.2 Å². The van der Waals surface area contributed by atoms with Crippen molar-refractivity contribution in [1.29, 1.82) is 0 Å². The van der Waals surface area contributed by atoms with Crippen LogP contribution in [-0.4, -0.2) is 15.4 Å². The summed E-state index contributed by atoms with van der Waals surface area (Å²) >= 11 is 11.2. The molecular weight excluding hydrogens is 199 g/mol. The highest BCUT2D eigenvalue weighted by Crippen LogP contribution is 2.34. The van der Waals surface area contributed by atoms with Gasteiger partial charge in [-0.1, -0.05) is 35.4 Å². The van der Waals surface area contributed by atoms with Crippen LogP contribution in [0.25, 0.3) is 0 Å². The number of halogens is 2. The maximum Gasteiger partial charge on any atom is 0.340 e. The van der Waals surface area contributed by atoms with Gasteiger partial charge in [0.25, 0.3) is 0 Å². The van der Waals surface area contributed by atoms with Crippen LogP contribution in [0.2, 0.25) is 0 Å². The summed E-state index contributed by atoms with van der Waals surface area (Å²) in [6, 6.07) is 0. The molecule has 1 rings (SSSR count). The second-order valence-corrected chi connectivity index (χ2v) is 4.51. The summed E-state index contributed by atoms with van der Waals surface area (Å²) in [5.74, 6) is -0.867. The van der Waals surface area contributed by atoms with Gasteiger partial charge in [0.15, 0.2) is 0 Å². The molecule has 0 aromatic rings. The Kier molecular flexibility index (Phi) is 3.02. The van der Waals surface area contributed by atoms with Crippen molar-refractivity contribution in [3.05, 3.63) is 12.2 Å². The Morgan fingerprint density at radius 1 is 1.50 bits per heavy atom. The van der Waals surface area contributed by atoms with Gasteiger partial charge in [0.2, 0.25) is 4.33 Å². The van der Waals surface area contributed by atoms with E-state index in [1.807, 2.05) is 12.2 Å². The lowest BCUT2D eigenvalue weighted by atomic mass is 10.0. The van der Waals surface area contributed by atoms with Crippen molar-refractivity contribution < 1.29 is 9.90 Å². The van der Waals surface area contributed by atoms with Crippen molar-refractivity contribution in [3.8, 4) is 0 Å². The van der Waals surface area contributed by atoms with Gasteiger partial charge in [-0.25, -0.2) is 4.79 Å². The smallest absolute Gasteiger partial charge is 0.340 e. The molecule has 12 heavy (non-hydrogen) atoms. The highest BCUT2D eigenvalue weighted by atomic mass is 35.5. The summed E-state index contributed by atoms with van der Waals surface area (Å²) in [7, 11) is 0. The molecule has 1 aliphatic carbocycles. The van der Waals surface area contributed by atoms with Gasteiger partial charge in [0.1, 0.15) is 0 Å². The number of rotatable bonds is 3. The average Bonchev–Trinajstić information content (AvgIpc) is 2.38. The predicted molar refractivity (Wildman–Crippen MR) is 48.6 cm³/mol. The van der Waals surface area contributed by atoms with Crippen LogP contribution in [0.3, 0.4) is 0 Å². The Morgan fingerprint density at radius 3 is 2.42 bits per heavy atom. The Labute approximate surface area is 81.2 Å². The Bertz CT molecular complexity index is 203. The monoisotopic (exact) mass is 208 g/mol. The molecule has 1 N–H and O–H groups in total. The summed E-state index contributed by atoms with van der Waals surface area (Å²) in [5, 5.41) is 8.62. The SMILES string of the molecule is O=C(O)C(Cl)(Cl)CC1CC=CC1. The van der Waals surface area contributed by atoms with E-state index < -0.39 is 10.3 Å². The zero-order chi connectivity index (χ0) is 9.19. The first kappa shape index (κ1) is 9.87. The molecule has 1 aliphatic rings. The first-order valence-corrected chi connectivity index (χ1v) is 4.54. The fourth-order valence-corrected chi connectivity index (χ4v) is 1.73. The molecule has 68 valence electrons. The number of carbonyl (C=O) groups is 1. The van der Waals surface area contributed by atoms with Gasteiger partial charge in [-0.15, -0.1) is 0 Å². The molecule has 0 saturated heterocycles. The van der Waals surface area contributed by atoms with Gasteiger partial charge in [-0.05, 0) is 25.2 Å². The molecule has 0 heterocycles. The molecule has 0 bridgehead atoms. The highest BCUT2D eigenvalue weighted by molar-refractivity contribution is 6.57. The summed E-state index contributed by atoms with van der Waals surface area (Å²) in [6.07, 6.45) is 6.13. The molecule has 2 nitrogen and oxygen atoms in total. The minimum atomic E-state index is -1.61. The van der Waals surface area contributed by atoms with Crippen LogP contribution in [0.4, 0.5) is 0 Å². The third-order valence-electron chi connectivity index (χ3n) is 1.96. The molecular formula is C8H10Cl2O2. The quantitative estimate of drug-likeness (QED) is 0.572.